The van der Waals surface area contributed by atoms with Gasteiger partial charge in [-0.1, -0.05) is 12.1 Å². The zero-order valence-corrected chi connectivity index (χ0v) is 19.3. The van der Waals surface area contributed by atoms with Crippen molar-refractivity contribution in [2.75, 3.05) is 28.8 Å². The fraction of sp³-hybridized carbons (Fsp3) is 0.480. The highest BCUT2D eigenvalue weighted by atomic mass is 32.2. The molecule has 0 aliphatic heterocycles. The van der Waals surface area contributed by atoms with E-state index in [4.69, 9.17) is 0 Å². The SMILES string of the molecule is CS(=O)(=O)c1ccc(NC(=O)CNc2ccccc2NC23CC4CC(CC(C4)C2)C3)cc1. The average Bonchev–Trinajstić information content (AvgIpc) is 2.71. The van der Waals surface area contributed by atoms with Crippen LogP contribution in [-0.4, -0.2) is 32.7 Å². The van der Waals surface area contributed by atoms with E-state index in [1.807, 2.05) is 18.2 Å². The average molecular weight is 454 g/mol. The minimum atomic E-state index is -3.25. The molecule has 0 aromatic heterocycles. The van der Waals surface area contributed by atoms with Gasteiger partial charge < -0.3 is 16.0 Å². The minimum absolute atomic E-state index is 0.132. The van der Waals surface area contributed by atoms with E-state index >= 15 is 0 Å². The Hall–Kier alpha value is -2.54. The van der Waals surface area contributed by atoms with Gasteiger partial charge >= 0.3 is 0 Å². The molecule has 4 aliphatic carbocycles. The first-order valence-corrected chi connectivity index (χ1v) is 13.4. The lowest BCUT2D eigenvalue weighted by Gasteiger charge is -2.57. The summed E-state index contributed by atoms with van der Waals surface area (Å²) in [6.45, 7) is 0.132. The summed E-state index contributed by atoms with van der Waals surface area (Å²) in [5, 5.41) is 10.00. The Balaban J connectivity index is 1.22. The van der Waals surface area contributed by atoms with Crippen LogP contribution in [0.4, 0.5) is 17.1 Å². The number of benzene rings is 2. The largest absolute Gasteiger partial charge is 0.378 e. The van der Waals surface area contributed by atoms with Crippen LogP contribution in [0.3, 0.4) is 0 Å². The van der Waals surface area contributed by atoms with E-state index in [0.29, 0.717) is 5.69 Å². The van der Waals surface area contributed by atoms with E-state index in [2.05, 4.69) is 22.0 Å². The third-order valence-electron chi connectivity index (χ3n) is 7.37. The molecule has 1 amide bonds. The van der Waals surface area contributed by atoms with Gasteiger partial charge in [0, 0.05) is 17.5 Å². The lowest BCUT2D eigenvalue weighted by molar-refractivity contribution is -0.114. The predicted octanol–water partition coefficient (Wildman–Crippen LogP) is 4.52. The molecule has 0 spiro atoms. The van der Waals surface area contributed by atoms with Gasteiger partial charge in [0.25, 0.3) is 0 Å². The van der Waals surface area contributed by atoms with E-state index in [1.165, 1.54) is 56.9 Å². The second kappa shape index (κ2) is 8.10. The molecule has 7 heteroatoms. The summed E-state index contributed by atoms with van der Waals surface area (Å²) in [5.41, 5.74) is 2.78. The molecule has 0 heterocycles. The van der Waals surface area contributed by atoms with Crippen molar-refractivity contribution in [2.24, 2.45) is 17.8 Å². The van der Waals surface area contributed by atoms with E-state index in [1.54, 1.807) is 12.1 Å². The fourth-order valence-corrected chi connectivity index (χ4v) is 7.09. The van der Waals surface area contributed by atoms with Crippen molar-refractivity contribution in [3.8, 4) is 0 Å². The molecular weight excluding hydrogens is 422 g/mol. The van der Waals surface area contributed by atoms with Gasteiger partial charge in [0.05, 0.1) is 22.8 Å². The molecule has 4 saturated carbocycles. The minimum Gasteiger partial charge on any atom is -0.378 e. The number of hydrogen-bond donors (Lipinski definition) is 3. The fourth-order valence-electron chi connectivity index (χ4n) is 6.46. The molecule has 32 heavy (non-hydrogen) atoms. The van der Waals surface area contributed by atoms with Gasteiger partial charge in [-0.2, -0.15) is 0 Å². The molecule has 0 radical (unpaired) electrons. The number of sulfone groups is 1. The second-order valence-electron chi connectivity index (χ2n) is 10.1. The summed E-state index contributed by atoms with van der Waals surface area (Å²) < 4.78 is 23.2. The smallest absolute Gasteiger partial charge is 0.243 e. The number of hydrogen-bond acceptors (Lipinski definition) is 5. The van der Waals surface area contributed by atoms with Crippen LogP contribution in [0.15, 0.2) is 53.4 Å². The maximum atomic E-state index is 12.5. The van der Waals surface area contributed by atoms with Crippen LogP contribution in [0.5, 0.6) is 0 Å². The normalized spacial score (nSPS) is 28.3. The third kappa shape index (κ3) is 4.49. The van der Waals surface area contributed by atoms with Crippen molar-refractivity contribution >= 4 is 32.8 Å². The van der Waals surface area contributed by atoms with E-state index in [-0.39, 0.29) is 22.9 Å². The van der Waals surface area contributed by atoms with Crippen molar-refractivity contribution < 1.29 is 13.2 Å². The first-order chi connectivity index (χ1) is 15.3. The molecular formula is C25H31N3O3S. The van der Waals surface area contributed by atoms with Crippen LogP contribution in [0.2, 0.25) is 0 Å². The predicted molar refractivity (Wildman–Crippen MR) is 128 cm³/mol. The number of anilines is 3. The molecule has 2 aromatic carbocycles. The maximum absolute atomic E-state index is 12.5. The van der Waals surface area contributed by atoms with Crippen molar-refractivity contribution in [3.63, 3.8) is 0 Å². The molecule has 170 valence electrons. The summed E-state index contributed by atoms with van der Waals surface area (Å²) in [6.07, 6.45) is 9.18. The maximum Gasteiger partial charge on any atom is 0.243 e. The van der Waals surface area contributed by atoms with E-state index in [9.17, 15) is 13.2 Å². The molecule has 0 unspecified atom stereocenters. The number of carbonyl (C=O) groups excluding carboxylic acids is 1. The number of amides is 1. The quantitative estimate of drug-likeness (QED) is 0.574. The molecule has 3 N–H and O–H groups in total. The van der Waals surface area contributed by atoms with Crippen LogP contribution in [0.25, 0.3) is 0 Å². The summed E-state index contributed by atoms with van der Waals surface area (Å²) >= 11 is 0. The van der Waals surface area contributed by atoms with Crippen molar-refractivity contribution in [2.45, 2.75) is 49.0 Å². The Morgan fingerprint density at radius 2 is 1.47 bits per heavy atom. The first-order valence-electron chi connectivity index (χ1n) is 11.5. The van der Waals surface area contributed by atoms with E-state index in [0.717, 1.165) is 29.1 Å². The van der Waals surface area contributed by atoms with Gasteiger partial charge in [-0.3, -0.25) is 4.79 Å². The molecule has 6 nitrogen and oxygen atoms in total. The van der Waals surface area contributed by atoms with Crippen LogP contribution in [0.1, 0.15) is 38.5 Å². The van der Waals surface area contributed by atoms with Crippen LogP contribution < -0.4 is 16.0 Å². The molecule has 4 bridgehead atoms. The number of para-hydroxylation sites is 2. The summed E-state index contributed by atoms with van der Waals surface area (Å²) in [7, 11) is -3.25. The van der Waals surface area contributed by atoms with Crippen LogP contribution >= 0.6 is 0 Å². The molecule has 2 aromatic rings. The van der Waals surface area contributed by atoms with Crippen LogP contribution in [-0.2, 0) is 14.6 Å². The summed E-state index contributed by atoms with van der Waals surface area (Å²) in [6, 6.07) is 14.4. The van der Waals surface area contributed by atoms with Gasteiger partial charge in [-0.05, 0) is 92.7 Å². The Morgan fingerprint density at radius 3 is 2.03 bits per heavy atom. The number of rotatable bonds is 7. The Bertz CT molecular complexity index is 1080. The van der Waals surface area contributed by atoms with Gasteiger partial charge in [0.2, 0.25) is 5.91 Å². The second-order valence-corrected chi connectivity index (χ2v) is 12.1. The Morgan fingerprint density at radius 1 is 0.906 bits per heavy atom. The van der Waals surface area contributed by atoms with E-state index < -0.39 is 9.84 Å². The van der Waals surface area contributed by atoms with Gasteiger partial charge in [0.15, 0.2) is 9.84 Å². The number of carbonyl (C=O) groups is 1. The Kier molecular flexibility index (Phi) is 5.40. The lowest BCUT2D eigenvalue weighted by atomic mass is 9.53. The Labute approximate surface area is 190 Å². The van der Waals surface area contributed by atoms with Gasteiger partial charge in [0.1, 0.15) is 0 Å². The highest BCUT2D eigenvalue weighted by Gasteiger charge is 2.51. The summed E-state index contributed by atoms with van der Waals surface area (Å²) in [4.78, 5) is 12.7. The van der Waals surface area contributed by atoms with Crippen molar-refractivity contribution in [3.05, 3.63) is 48.5 Å². The molecule has 0 saturated heterocycles. The zero-order chi connectivity index (χ0) is 22.3. The standard InChI is InChI=1S/C25H31N3O3S/c1-32(30,31)21-8-6-20(7-9-21)27-24(29)16-26-22-4-2-3-5-23(22)28-25-13-17-10-18(14-25)12-19(11-17)15-25/h2-9,17-19,26,28H,10-16H2,1H3,(H,27,29). The van der Waals surface area contributed by atoms with Crippen molar-refractivity contribution in [1.29, 1.82) is 0 Å². The molecule has 4 aliphatic rings. The monoisotopic (exact) mass is 453 g/mol. The number of nitrogens with one attached hydrogen (secondary N) is 3. The molecule has 6 rings (SSSR count). The van der Waals surface area contributed by atoms with Crippen LogP contribution in [0, 0.1) is 17.8 Å². The highest BCUT2D eigenvalue weighted by molar-refractivity contribution is 7.90. The first kappa shape index (κ1) is 21.3. The summed E-state index contributed by atoms with van der Waals surface area (Å²) in [5.74, 6) is 2.43. The molecule has 0 atom stereocenters. The molecule has 4 fully saturated rings. The van der Waals surface area contributed by atoms with Gasteiger partial charge in [-0.25, -0.2) is 8.42 Å². The van der Waals surface area contributed by atoms with Crippen molar-refractivity contribution in [1.82, 2.24) is 0 Å². The topological polar surface area (TPSA) is 87.3 Å². The highest BCUT2D eigenvalue weighted by Crippen LogP contribution is 2.56. The third-order valence-corrected chi connectivity index (χ3v) is 8.50. The lowest BCUT2D eigenvalue weighted by Crippen LogP contribution is -2.54. The zero-order valence-electron chi connectivity index (χ0n) is 18.4. The van der Waals surface area contributed by atoms with Gasteiger partial charge in [-0.15, -0.1) is 0 Å².